The topological polar surface area (TPSA) is 58.1 Å². The zero-order valence-electron chi connectivity index (χ0n) is 18.4. The number of guanidine groups is 1. The molecule has 0 spiro atoms. The molecule has 2 aromatic rings. The summed E-state index contributed by atoms with van der Waals surface area (Å²) in [7, 11) is 3.93. The van der Waals surface area contributed by atoms with Crippen molar-refractivity contribution >= 4 is 17.6 Å². The van der Waals surface area contributed by atoms with Gasteiger partial charge in [-0.2, -0.15) is 0 Å². The van der Waals surface area contributed by atoms with Crippen LogP contribution in [-0.2, 0) is 17.8 Å². The normalized spacial score (nSPS) is 15.2. The van der Waals surface area contributed by atoms with Crippen molar-refractivity contribution in [3.8, 4) is 5.75 Å². The van der Waals surface area contributed by atoms with Crippen LogP contribution in [0.5, 0.6) is 5.75 Å². The van der Waals surface area contributed by atoms with E-state index >= 15 is 0 Å². The zero-order chi connectivity index (χ0) is 21.9. The maximum absolute atomic E-state index is 6.22. The van der Waals surface area contributed by atoms with E-state index in [0.717, 1.165) is 60.5 Å². The summed E-state index contributed by atoms with van der Waals surface area (Å²) < 4.78 is 11.4. The highest BCUT2D eigenvalue weighted by Crippen LogP contribution is 2.16. The lowest BCUT2D eigenvalue weighted by Crippen LogP contribution is -2.38. The smallest absolute Gasteiger partial charge is 0.191 e. The standard InChI is InChI=1S/C24H33ClN4O2/c1-26-24(28-18-20-7-3-4-9-23(20)25)27-17-19-6-5-8-22(16-19)31-15-12-29(2)21-10-13-30-14-11-21/h3-9,16,21H,10-15,17-18H2,1-2H3,(H2,26,27,28). The Morgan fingerprint density at radius 1 is 1.13 bits per heavy atom. The third kappa shape index (κ3) is 7.73. The fourth-order valence-electron chi connectivity index (χ4n) is 3.59. The first-order chi connectivity index (χ1) is 15.2. The van der Waals surface area contributed by atoms with Gasteiger partial charge in [-0.15, -0.1) is 0 Å². The summed E-state index contributed by atoms with van der Waals surface area (Å²) in [5.74, 6) is 1.61. The summed E-state index contributed by atoms with van der Waals surface area (Å²) in [6, 6.07) is 16.6. The van der Waals surface area contributed by atoms with Crippen LogP contribution in [0.3, 0.4) is 0 Å². The summed E-state index contributed by atoms with van der Waals surface area (Å²) in [5, 5.41) is 7.39. The second-order valence-corrected chi connectivity index (χ2v) is 8.10. The molecule has 3 rings (SSSR count). The van der Waals surface area contributed by atoms with Crippen LogP contribution in [-0.4, -0.2) is 57.4 Å². The Hall–Kier alpha value is -2.28. The first-order valence-corrected chi connectivity index (χ1v) is 11.2. The number of nitrogens with one attached hydrogen (secondary N) is 2. The van der Waals surface area contributed by atoms with Crippen molar-refractivity contribution in [3.05, 3.63) is 64.7 Å². The number of ether oxygens (including phenoxy) is 2. The molecule has 1 aliphatic rings. The molecule has 31 heavy (non-hydrogen) atoms. The van der Waals surface area contributed by atoms with Gasteiger partial charge in [0.1, 0.15) is 12.4 Å². The molecule has 0 amide bonds. The quantitative estimate of drug-likeness (QED) is 0.456. The largest absolute Gasteiger partial charge is 0.492 e. The first kappa shape index (κ1) is 23.4. The summed E-state index contributed by atoms with van der Waals surface area (Å²) in [5.41, 5.74) is 2.17. The minimum absolute atomic E-state index is 0.595. The van der Waals surface area contributed by atoms with Gasteiger partial charge in [-0.25, -0.2) is 0 Å². The van der Waals surface area contributed by atoms with Crippen LogP contribution in [0.4, 0.5) is 0 Å². The Morgan fingerprint density at radius 3 is 2.68 bits per heavy atom. The lowest BCUT2D eigenvalue weighted by atomic mass is 10.1. The molecule has 0 radical (unpaired) electrons. The van der Waals surface area contributed by atoms with Crippen LogP contribution in [0.2, 0.25) is 5.02 Å². The Bertz CT molecular complexity index is 840. The molecular weight excluding hydrogens is 412 g/mol. The summed E-state index contributed by atoms with van der Waals surface area (Å²) in [6.45, 7) is 4.57. The summed E-state index contributed by atoms with van der Waals surface area (Å²) in [6.07, 6.45) is 2.20. The maximum Gasteiger partial charge on any atom is 0.191 e. The average molecular weight is 445 g/mol. The summed E-state index contributed by atoms with van der Waals surface area (Å²) >= 11 is 6.22. The summed E-state index contributed by atoms with van der Waals surface area (Å²) in [4.78, 5) is 6.67. The molecule has 0 unspecified atom stereocenters. The molecule has 1 fully saturated rings. The number of hydrogen-bond acceptors (Lipinski definition) is 4. The molecule has 6 nitrogen and oxygen atoms in total. The van der Waals surface area contributed by atoms with Crippen LogP contribution in [0.1, 0.15) is 24.0 Å². The predicted octanol–water partition coefficient (Wildman–Crippen LogP) is 3.69. The molecule has 168 valence electrons. The monoisotopic (exact) mass is 444 g/mol. The number of nitrogens with zero attached hydrogens (tertiary/aromatic N) is 2. The Morgan fingerprint density at radius 2 is 1.90 bits per heavy atom. The minimum Gasteiger partial charge on any atom is -0.492 e. The molecule has 7 heteroatoms. The second kappa shape index (κ2) is 12.5. The van der Waals surface area contributed by atoms with Crippen LogP contribution in [0.25, 0.3) is 0 Å². The number of likely N-dealkylation sites (N-methyl/N-ethyl adjacent to an activating group) is 1. The molecule has 1 aliphatic heterocycles. The van der Waals surface area contributed by atoms with E-state index in [1.807, 2.05) is 36.4 Å². The number of aliphatic imine (C=N–C) groups is 1. The van der Waals surface area contributed by atoms with Crippen LogP contribution >= 0.6 is 11.6 Å². The highest BCUT2D eigenvalue weighted by Gasteiger charge is 2.17. The van der Waals surface area contributed by atoms with Crippen molar-refractivity contribution in [3.63, 3.8) is 0 Å². The van der Waals surface area contributed by atoms with Crippen LogP contribution in [0, 0.1) is 0 Å². The van der Waals surface area contributed by atoms with E-state index in [1.165, 1.54) is 0 Å². The highest BCUT2D eigenvalue weighted by atomic mass is 35.5. The lowest BCUT2D eigenvalue weighted by molar-refractivity contribution is 0.0392. The Balaban J connectivity index is 1.42. The van der Waals surface area contributed by atoms with Gasteiger partial charge >= 0.3 is 0 Å². The molecule has 0 bridgehead atoms. The van der Waals surface area contributed by atoms with Gasteiger partial charge in [0.2, 0.25) is 0 Å². The van der Waals surface area contributed by atoms with Gasteiger partial charge < -0.3 is 20.1 Å². The van der Waals surface area contributed by atoms with Gasteiger partial charge in [-0.05, 0) is 49.2 Å². The van der Waals surface area contributed by atoms with Gasteiger partial charge in [-0.3, -0.25) is 9.89 Å². The molecule has 1 heterocycles. The van der Waals surface area contributed by atoms with Crippen molar-refractivity contribution < 1.29 is 9.47 Å². The SMILES string of the molecule is CN=C(NCc1cccc(OCCN(C)C2CCOCC2)c1)NCc1ccccc1Cl. The van der Waals surface area contributed by atoms with E-state index in [2.05, 4.69) is 39.7 Å². The second-order valence-electron chi connectivity index (χ2n) is 7.69. The minimum atomic E-state index is 0.595. The average Bonchev–Trinajstić information content (AvgIpc) is 2.81. The molecule has 1 saturated heterocycles. The molecule has 0 aliphatic carbocycles. The third-order valence-electron chi connectivity index (χ3n) is 5.51. The number of hydrogen-bond donors (Lipinski definition) is 2. The van der Waals surface area contributed by atoms with Crippen LogP contribution < -0.4 is 15.4 Å². The predicted molar refractivity (Wildman–Crippen MR) is 127 cm³/mol. The number of rotatable bonds is 9. The van der Waals surface area contributed by atoms with E-state index in [0.29, 0.717) is 25.7 Å². The van der Waals surface area contributed by atoms with Crippen molar-refractivity contribution in [2.75, 3.05) is 40.5 Å². The molecule has 0 aromatic heterocycles. The third-order valence-corrected chi connectivity index (χ3v) is 5.88. The number of benzene rings is 2. The molecule has 0 saturated carbocycles. The van der Waals surface area contributed by atoms with E-state index in [1.54, 1.807) is 7.05 Å². The van der Waals surface area contributed by atoms with Crippen molar-refractivity contribution in [2.45, 2.75) is 32.0 Å². The zero-order valence-corrected chi connectivity index (χ0v) is 19.2. The van der Waals surface area contributed by atoms with Crippen molar-refractivity contribution in [1.82, 2.24) is 15.5 Å². The van der Waals surface area contributed by atoms with E-state index in [9.17, 15) is 0 Å². The van der Waals surface area contributed by atoms with Crippen LogP contribution in [0.15, 0.2) is 53.5 Å². The lowest BCUT2D eigenvalue weighted by Gasteiger charge is -2.31. The van der Waals surface area contributed by atoms with Crippen molar-refractivity contribution in [2.24, 2.45) is 4.99 Å². The molecule has 2 N–H and O–H groups in total. The number of halogens is 1. The van der Waals surface area contributed by atoms with Gasteiger partial charge in [0.15, 0.2) is 5.96 Å². The first-order valence-electron chi connectivity index (χ1n) is 10.8. The van der Waals surface area contributed by atoms with E-state index in [4.69, 9.17) is 21.1 Å². The van der Waals surface area contributed by atoms with Crippen molar-refractivity contribution in [1.29, 1.82) is 0 Å². The van der Waals surface area contributed by atoms with Gasteiger partial charge in [0.05, 0.1) is 0 Å². The Labute approximate surface area is 190 Å². The fourth-order valence-corrected chi connectivity index (χ4v) is 3.79. The van der Waals surface area contributed by atoms with Gasteiger partial charge in [0.25, 0.3) is 0 Å². The van der Waals surface area contributed by atoms with Gasteiger partial charge in [0, 0.05) is 51.0 Å². The van der Waals surface area contributed by atoms with E-state index in [-0.39, 0.29) is 0 Å². The Kier molecular flexibility index (Phi) is 9.46. The molecular formula is C24H33ClN4O2. The van der Waals surface area contributed by atoms with Gasteiger partial charge in [-0.1, -0.05) is 41.9 Å². The van der Waals surface area contributed by atoms with E-state index < -0.39 is 0 Å². The molecule has 0 atom stereocenters. The maximum atomic E-state index is 6.22. The molecule has 2 aromatic carbocycles. The fraction of sp³-hybridized carbons (Fsp3) is 0.458. The highest BCUT2D eigenvalue weighted by molar-refractivity contribution is 6.31.